The molecule has 0 aliphatic carbocycles. The molecule has 2 aromatic carbocycles. The van der Waals surface area contributed by atoms with Gasteiger partial charge in [-0.05, 0) is 35.2 Å². The average Bonchev–Trinajstić information content (AvgIpc) is 2.79. The van der Waals surface area contributed by atoms with Crippen LogP contribution in [0.2, 0.25) is 0 Å². The molecule has 0 radical (unpaired) electrons. The van der Waals surface area contributed by atoms with Crippen molar-refractivity contribution in [3.8, 4) is 5.75 Å². The first-order chi connectivity index (χ1) is 15.8. The van der Waals surface area contributed by atoms with E-state index in [1.54, 1.807) is 6.07 Å². The summed E-state index contributed by atoms with van der Waals surface area (Å²) in [6.45, 7) is 11.5. The molecular formula is C26H34N4O3. The van der Waals surface area contributed by atoms with Gasteiger partial charge in [0.15, 0.2) is 0 Å². The standard InChI is InChI=1S/C26H34N4O3/c1-26(2,3)19-8-10-21(11-9-19)33-18-20(31)16-29-12-14-30(15-13-29)17-24-27-23-7-5-4-6-22(23)25(32)28-24/h4-11,20,31H,12-18H2,1-3H3,(H,27,28,32). The van der Waals surface area contributed by atoms with Gasteiger partial charge in [-0.1, -0.05) is 45.0 Å². The van der Waals surface area contributed by atoms with Gasteiger partial charge >= 0.3 is 0 Å². The van der Waals surface area contributed by atoms with Gasteiger partial charge in [0.1, 0.15) is 24.3 Å². The molecule has 3 aromatic rings. The lowest BCUT2D eigenvalue weighted by atomic mass is 9.87. The number of aliphatic hydroxyl groups is 1. The number of aromatic amines is 1. The molecule has 1 saturated heterocycles. The Bertz CT molecular complexity index is 1110. The molecule has 33 heavy (non-hydrogen) atoms. The van der Waals surface area contributed by atoms with E-state index in [9.17, 15) is 9.90 Å². The first-order valence-corrected chi connectivity index (χ1v) is 11.6. The summed E-state index contributed by atoms with van der Waals surface area (Å²) in [4.78, 5) is 24.3. The van der Waals surface area contributed by atoms with E-state index >= 15 is 0 Å². The third-order valence-electron chi connectivity index (χ3n) is 6.13. The van der Waals surface area contributed by atoms with Gasteiger partial charge in [-0.15, -0.1) is 0 Å². The fourth-order valence-corrected chi connectivity index (χ4v) is 4.15. The Hall–Kier alpha value is -2.74. The average molecular weight is 451 g/mol. The number of nitrogens with zero attached hydrogens (tertiary/aromatic N) is 3. The van der Waals surface area contributed by atoms with E-state index in [1.165, 1.54) is 5.56 Å². The van der Waals surface area contributed by atoms with Crippen molar-refractivity contribution in [2.45, 2.75) is 38.8 Å². The molecule has 1 aliphatic rings. The van der Waals surface area contributed by atoms with Crippen LogP contribution >= 0.6 is 0 Å². The van der Waals surface area contributed by atoms with Crippen molar-refractivity contribution in [1.82, 2.24) is 19.8 Å². The molecule has 1 aromatic heterocycles. The predicted octanol–water partition coefficient (Wildman–Crippen LogP) is 2.78. The topological polar surface area (TPSA) is 81.7 Å². The number of nitrogens with one attached hydrogen (secondary N) is 1. The summed E-state index contributed by atoms with van der Waals surface area (Å²) in [5, 5.41) is 11.1. The number of para-hydroxylation sites is 1. The second-order valence-electron chi connectivity index (χ2n) is 9.85. The van der Waals surface area contributed by atoms with Crippen molar-refractivity contribution in [3.63, 3.8) is 0 Å². The summed E-state index contributed by atoms with van der Waals surface area (Å²) in [6, 6.07) is 15.5. The van der Waals surface area contributed by atoms with Gasteiger partial charge in [0, 0.05) is 32.7 Å². The smallest absolute Gasteiger partial charge is 0.258 e. The molecule has 1 fully saturated rings. The maximum absolute atomic E-state index is 12.3. The second kappa shape index (κ2) is 10.0. The van der Waals surface area contributed by atoms with Crippen molar-refractivity contribution in [3.05, 3.63) is 70.3 Å². The lowest BCUT2D eigenvalue weighted by Gasteiger charge is -2.35. The number of β-amino-alcohol motifs (C(OH)–C–C–N with tert-alkyl or cyclic N) is 1. The van der Waals surface area contributed by atoms with Gasteiger partial charge in [-0.2, -0.15) is 0 Å². The van der Waals surface area contributed by atoms with Crippen LogP contribution in [0.15, 0.2) is 53.3 Å². The molecule has 1 aliphatic heterocycles. The third kappa shape index (κ3) is 6.19. The number of piperazine rings is 1. The lowest BCUT2D eigenvalue weighted by Crippen LogP contribution is -2.49. The molecule has 7 heteroatoms. The van der Waals surface area contributed by atoms with Crippen LogP contribution in [0.1, 0.15) is 32.2 Å². The number of fused-ring (bicyclic) bond motifs is 1. The highest BCUT2D eigenvalue weighted by molar-refractivity contribution is 5.77. The Morgan fingerprint density at radius 3 is 2.39 bits per heavy atom. The number of aliphatic hydroxyl groups excluding tert-OH is 1. The minimum absolute atomic E-state index is 0.0922. The van der Waals surface area contributed by atoms with E-state index in [0.29, 0.717) is 24.3 Å². The number of hydrogen-bond acceptors (Lipinski definition) is 6. The zero-order valence-corrected chi connectivity index (χ0v) is 19.8. The molecule has 7 nitrogen and oxygen atoms in total. The minimum atomic E-state index is -0.544. The van der Waals surface area contributed by atoms with Crippen LogP contribution in [-0.2, 0) is 12.0 Å². The van der Waals surface area contributed by atoms with Crippen molar-refractivity contribution >= 4 is 10.9 Å². The quantitative estimate of drug-likeness (QED) is 0.576. The highest BCUT2D eigenvalue weighted by Crippen LogP contribution is 2.24. The number of benzene rings is 2. The van der Waals surface area contributed by atoms with Crippen LogP contribution in [0.25, 0.3) is 10.9 Å². The molecule has 1 atom stereocenters. The first kappa shape index (κ1) is 23.4. The van der Waals surface area contributed by atoms with Gasteiger partial charge in [0.05, 0.1) is 17.4 Å². The molecule has 0 bridgehead atoms. The van der Waals surface area contributed by atoms with Crippen LogP contribution in [0.3, 0.4) is 0 Å². The molecule has 2 N–H and O–H groups in total. The van der Waals surface area contributed by atoms with Gasteiger partial charge < -0.3 is 14.8 Å². The predicted molar refractivity (Wildman–Crippen MR) is 131 cm³/mol. The van der Waals surface area contributed by atoms with Crippen LogP contribution in [0, 0.1) is 0 Å². The molecule has 0 amide bonds. The highest BCUT2D eigenvalue weighted by Gasteiger charge is 2.20. The number of hydrogen-bond donors (Lipinski definition) is 2. The van der Waals surface area contributed by atoms with E-state index in [1.807, 2.05) is 30.3 Å². The maximum atomic E-state index is 12.3. The molecular weight excluding hydrogens is 416 g/mol. The number of rotatable bonds is 7. The van der Waals surface area contributed by atoms with E-state index in [4.69, 9.17) is 4.74 Å². The van der Waals surface area contributed by atoms with Crippen molar-refractivity contribution in [2.24, 2.45) is 0 Å². The van der Waals surface area contributed by atoms with E-state index in [0.717, 1.165) is 37.4 Å². The Kier molecular flexibility index (Phi) is 7.12. The monoisotopic (exact) mass is 450 g/mol. The fourth-order valence-electron chi connectivity index (χ4n) is 4.15. The SMILES string of the molecule is CC(C)(C)c1ccc(OCC(O)CN2CCN(Cc3nc4ccccc4c(=O)[nH]3)CC2)cc1. The van der Waals surface area contributed by atoms with Crippen LogP contribution in [0.5, 0.6) is 5.75 Å². The van der Waals surface area contributed by atoms with Crippen LogP contribution in [-0.4, -0.2) is 70.3 Å². The number of H-pyrrole nitrogens is 1. The van der Waals surface area contributed by atoms with E-state index in [2.05, 4.69) is 52.7 Å². The molecule has 4 rings (SSSR count). The normalized spacial score (nSPS) is 16.7. The molecule has 0 saturated carbocycles. The second-order valence-corrected chi connectivity index (χ2v) is 9.85. The molecule has 176 valence electrons. The van der Waals surface area contributed by atoms with Crippen molar-refractivity contribution in [1.29, 1.82) is 0 Å². The van der Waals surface area contributed by atoms with Crippen molar-refractivity contribution < 1.29 is 9.84 Å². The maximum Gasteiger partial charge on any atom is 0.258 e. The largest absolute Gasteiger partial charge is 0.491 e. The number of ether oxygens (including phenoxy) is 1. The summed E-state index contributed by atoms with van der Waals surface area (Å²) in [7, 11) is 0. The zero-order chi connectivity index (χ0) is 23.4. The summed E-state index contributed by atoms with van der Waals surface area (Å²) >= 11 is 0. The highest BCUT2D eigenvalue weighted by atomic mass is 16.5. The molecule has 2 heterocycles. The first-order valence-electron chi connectivity index (χ1n) is 11.6. The van der Waals surface area contributed by atoms with Crippen LogP contribution < -0.4 is 10.3 Å². The Morgan fingerprint density at radius 1 is 1.03 bits per heavy atom. The van der Waals surface area contributed by atoms with Crippen LogP contribution in [0.4, 0.5) is 0 Å². The lowest BCUT2D eigenvalue weighted by molar-refractivity contribution is 0.0441. The van der Waals surface area contributed by atoms with E-state index < -0.39 is 6.10 Å². The van der Waals surface area contributed by atoms with Gasteiger partial charge in [0.2, 0.25) is 0 Å². The minimum Gasteiger partial charge on any atom is -0.491 e. The Morgan fingerprint density at radius 2 is 1.70 bits per heavy atom. The van der Waals surface area contributed by atoms with Gasteiger partial charge in [0.25, 0.3) is 5.56 Å². The fraction of sp³-hybridized carbons (Fsp3) is 0.462. The molecule has 1 unspecified atom stereocenters. The van der Waals surface area contributed by atoms with E-state index in [-0.39, 0.29) is 17.6 Å². The summed E-state index contributed by atoms with van der Waals surface area (Å²) in [5.74, 6) is 1.47. The summed E-state index contributed by atoms with van der Waals surface area (Å²) in [5.41, 5.74) is 2.01. The Balaban J connectivity index is 1.22. The van der Waals surface area contributed by atoms with Gasteiger partial charge in [-0.3, -0.25) is 14.6 Å². The summed E-state index contributed by atoms with van der Waals surface area (Å²) in [6.07, 6.45) is -0.544. The zero-order valence-electron chi connectivity index (χ0n) is 19.8. The third-order valence-corrected chi connectivity index (χ3v) is 6.13. The van der Waals surface area contributed by atoms with Crippen molar-refractivity contribution in [2.75, 3.05) is 39.3 Å². The van der Waals surface area contributed by atoms with Gasteiger partial charge in [-0.25, -0.2) is 4.98 Å². The Labute approximate surface area is 195 Å². The summed E-state index contributed by atoms with van der Waals surface area (Å²) < 4.78 is 5.79. The number of aromatic nitrogens is 2. The molecule has 0 spiro atoms.